The van der Waals surface area contributed by atoms with E-state index in [1.54, 1.807) is 19.3 Å². The normalized spacial score (nSPS) is 16.0. The number of carbonyl (C=O) groups is 2. The number of nitrogens with zero attached hydrogens (tertiary/aromatic N) is 7. The van der Waals surface area contributed by atoms with Crippen LogP contribution in [0.25, 0.3) is 4.85 Å². The summed E-state index contributed by atoms with van der Waals surface area (Å²) >= 11 is 0. The Morgan fingerprint density at radius 2 is 1.91 bits per heavy atom. The van der Waals surface area contributed by atoms with E-state index >= 15 is 0 Å². The maximum absolute atomic E-state index is 14.3. The molecular weight excluding hydrogens is 558 g/mol. The van der Waals surface area contributed by atoms with Crippen LogP contribution in [0.1, 0.15) is 79.3 Å². The molecule has 232 valence electrons. The van der Waals surface area contributed by atoms with Crippen LogP contribution in [-0.2, 0) is 23.2 Å². The van der Waals surface area contributed by atoms with Crippen LogP contribution in [0.15, 0.2) is 36.8 Å². The zero-order valence-electron chi connectivity index (χ0n) is 26.8. The summed E-state index contributed by atoms with van der Waals surface area (Å²) in [6, 6.07) is 5.64. The first-order chi connectivity index (χ1) is 20.8. The summed E-state index contributed by atoms with van der Waals surface area (Å²) < 4.78 is 12.9. The molecule has 1 spiro atoms. The van der Waals surface area contributed by atoms with Crippen molar-refractivity contribution in [2.75, 3.05) is 39.7 Å². The van der Waals surface area contributed by atoms with E-state index in [4.69, 9.17) is 16.0 Å². The van der Waals surface area contributed by atoms with Crippen molar-refractivity contribution < 1.29 is 19.1 Å². The summed E-state index contributed by atoms with van der Waals surface area (Å²) in [6.07, 6.45) is 6.52. The van der Waals surface area contributed by atoms with Crippen molar-refractivity contribution in [2.45, 2.75) is 70.7 Å². The molecule has 0 bridgehead atoms. The molecular formula is C33H41N7O4. The molecule has 2 aliphatic rings. The van der Waals surface area contributed by atoms with E-state index in [1.165, 1.54) is 18.2 Å². The summed E-state index contributed by atoms with van der Waals surface area (Å²) in [6.45, 7) is 16.6. The molecule has 0 radical (unpaired) electrons. The number of imidazole rings is 1. The largest absolute Gasteiger partial charge is 0.508 e. The molecule has 2 aromatic heterocycles. The lowest BCUT2D eigenvalue weighted by Gasteiger charge is -2.40. The molecule has 11 heteroatoms. The molecule has 1 saturated carbocycles. The van der Waals surface area contributed by atoms with Gasteiger partial charge in [0.05, 0.1) is 32.0 Å². The van der Waals surface area contributed by atoms with Crippen LogP contribution in [0.4, 0.5) is 16.4 Å². The maximum atomic E-state index is 14.3. The fourth-order valence-corrected chi connectivity index (χ4v) is 6.04. The number of aromatic nitrogens is 3. The van der Waals surface area contributed by atoms with Crippen molar-refractivity contribution in [3.05, 3.63) is 76.2 Å². The summed E-state index contributed by atoms with van der Waals surface area (Å²) in [4.78, 5) is 45.0. The fourth-order valence-electron chi connectivity index (χ4n) is 6.04. The van der Waals surface area contributed by atoms with E-state index in [0.29, 0.717) is 48.3 Å². The van der Waals surface area contributed by atoms with Crippen LogP contribution in [0, 0.1) is 6.57 Å². The Labute approximate surface area is 259 Å². The predicted octanol–water partition coefficient (Wildman–Crippen LogP) is 5.57. The number of amides is 2. The number of fused-ring (bicyclic) bond motifs is 2. The van der Waals surface area contributed by atoms with Crippen molar-refractivity contribution in [2.24, 2.45) is 0 Å². The van der Waals surface area contributed by atoms with Gasteiger partial charge in [0.1, 0.15) is 11.4 Å². The number of hydrogen-bond donors (Lipinski definition) is 0. The van der Waals surface area contributed by atoms with Crippen LogP contribution >= 0.6 is 0 Å². The van der Waals surface area contributed by atoms with Crippen LogP contribution in [0.5, 0.6) is 5.75 Å². The van der Waals surface area contributed by atoms with Crippen molar-refractivity contribution >= 4 is 23.6 Å². The number of pyridine rings is 1. The van der Waals surface area contributed by atoms with E-state index in [1.807, 2.05) is 63.5 Å². The molecule has 5 rings (SSSR count). The number of rotatable bonds is 8. The van der Waals surface area contributed by atoms with E-state index in [2.05, 4.69) is 25.8 Å². The number of anilines is 1. The minimum atomic E-state index is -0.635. The molecule has 1 aromatic carbocycles. The second-order valence-electron chi connectivity index (χ2n) is 13.1. The zero-order chi connectivity index (χ0) is 32.0. The molecule has 1 atom stereocenters. The van der Waals surface area contributed by atoms with Gasteiger partial charge in [0, 0.05) is 49.7 Å². The number of methoxy groups -OCH3 is 1. The third-order valence-electron chi connectivity index (χ3n) is 8.23. The van der Waals surface area contributed by atoms with Gasteiger partial charge in [0.25, 0.3) is 5.91 Å². The Morgan fingerprint density at radius 1 is 1.18 bits per heavy atom. The Kier molecular flexibility index (Phi) is 8.16. The van der Waals surface area contributed by atoms with Crippen LogP contribution in [-0.4, -0.2) is 76.7 Å². The molecule has 0 saturated heterocycles. The summed E-state index contributed by atoms with van der Waals surface area (Å²) in [7, 11) is 7.25. The average molecular weight is 600 g/mol. The lowest BCUT2D eigenvalue weighted by Crippen LogP contribution is -2.45. The van der Waals surface area contributed by atoms with Gasteiger partial charge in [0.15, 0.2) is 0 Å². The predicted molar refractivity (Wildman–Crippen MR) is 167 cm³/mol. The molecule has 3 aromatic rings. The monoisotopic (exact) mass is 599 g/mol. The van der Waals surface area contributed by atoms with E-state index in [9.17, 15) is 9.59 Å². The standard InChI is InChI=1S/C33H41N7O4/c1-21(25-16-27(43-9)26(34-5)17-36-25)40-20-33(10-11-33)28-23(19-37(6)7)14-22(15-24(28)29(40)41)18-39-13-12-35-30(39)38(8)31(42)44-32(2,3)4/h12-17,21H,10-11,18-20H2,1-4,6-9H3. The van der Waals surface area contributed by atoms with Gasteiger partial charge in [-0.25, -0.2) is 14.6 Å². The summed E-state index contributed by atoms with van der Waals surface area (Å²) in [5.74, 6) is 0.860. The van der Waals surface area contributed by atoms with Gasteiger partial charge in [-0.3, -0.25) is 14.7 Å². The SMILES string of the molecule is [C-]#[N+]c1cnc(C(C)N2CC3(CC3)c3c(CN(C)C)cc(Cn4ccnc4N(C)C(=O)OC(C)(C)C)cc3C2=O)cc1OC. The van der Waals surface area contributed by atoms with Gasteiger partial charge in [-0.2, -0.15) is 0 Å². The molecule has 2 amide bonds. The minimum Gasteiger partial charge on any atom is -0.508 e. The first kappa shape index (κ1) is 31.0. The average Bonchev–Trinajstić information content (AvgIpc) is 3.58. The van der Waals surface area contributed by atoms with Crippen LogP contribution in [0.2, 0.25) is 0 Å². The van der Waals surface area contributed by atoms with Crippen molar-refractivity contribution in [1.82, 2.24) is 24.3 Å². The second kappa shape index (κ2) is 11.6. The first-order valence-corrected chi connectivity index (χ1v) is 14.8. The molecule has 1 aliphatic carbocycles. The highest BCUT2D eigenvalue weighted by Gasteiger charge is 2.53. The molecule has 0 N–H and O–H groups in total. The molecule has 1 unspecified atom stereocenters. The molecule has 1 aliphatic heterocycles. The van der Waals surface area contributed by atoms with Gasteiger partial charge < -0.3 is 23.8 Å². The first-order valence-electron chi connectivity index (χ1n) is 14.8. The third kappa shape index (κ3) is 5.99. The zero-order valence-corrected chi connectivity index (χ0v) is 26.8. The van der Waals surface area contributed by atoms with E-state index in [0.717, 1.165) is 29.5 Å². The summed E-state index contributed by atoms with van der Waals surface area (Å²) in [5, 5.41) is 0. The van der Waals surface area contributed by atoms with Crippen molar-refractivity contribution in [3.8, 4) is 5.75 Å². The number of ether oxygens (including phenoxy) is 2. The lowest BCUT2D eigenvalue weighted by atomic mass is 9.81. The highest BCUT2D eigenvalue weighted by molar-refractivity contribution is 5.99. The van der Waals surface area contributed by atoms with Gasteiger partial charge in [-0.1, -0.05) is 6.07 Å². The Hall–Kier alpha value is -4.43. The third-order valence-corrected chi connectivity index (χ3v) is 8.23. The van der Waals surface area contributed by atoms with E-state index < -0.39 is 11.7 Å². The number of carbonyl (C=O) groups excluding carboxylic acids is 2. The Bertz CT molecular complexity index is 1630. The van der Waals surface area contributed by atoms with Crippen LogP contribution < -0.4 is 9.64 Å². The molecule has 44 heavy (non-hydrogen) atoms. The second-order valence-corrected chi connectivity index (χ2v) is 13.1. The summed E-state index contributed by atoms with van der Waals surface area (Å²) in [5.41, 5.74) is 4.23. The van der Waals surface area contributed by atoms with Gasteiger partial charge >= 0.3 is 6.09 Å². The quantitative estimate of drug-likeness (QED) is 0.313. The van der Waals surface area contributed by atoms with Gasteiger partial charge in [-0.15, -0.1) is 0 Å². The smallest absolute Gasteiger partial charge is 0.416 e. The Morgan fingerprint density at radius 3 is 2.52 bits per heavy atom. The minimum absolute atomic E-state index is 0.0429. The molecule has 1 fully saturated rings. The van der Waals surface area contributed by atoms with Crippen LogP contribution in [0.3, 0.4) is 0 Å². The highest BCUT2D eigenvalue weighted by atomic mass is 16.6. The van der Waals surface area contributed by atoms with Gasteiger partial charge in [-0.05, 0) is 83.5 Å². The topological polar surface area (TPSA) is 97.4 Å². The fraction of sp³-hybridized carbons (Fsp3) is 0.485. The number of benzene rings is 1. The maximum Gasteiger partial charge on any atom is 0.416 e. The molecule has 3 heterocycles. The van der Waals surface area contributed by atoms with Crippen molar-refractivity contribution in [3.63, 3.8) is 0 Å². The Balaban J connectivity index is 1.52. The van der Waals surface area contributed by atoms with Gasteiger partial charge in [0.2, 0.25) is 11.6 Å². The highest BCUT2D eigenvalue weighted by Crippen LogP contribution is 2.55. The van der Waals surface area contributed by atoms with E-state index in [-0.39, 0.29) is 17.4 Å². The molecule has 11 nitrogen and oxygen atoms in total. The lowest BCUT2D eigenvalue weighted by molar-refractivity contribution is 0.0585. The number of hydrogen-bond acceptors (Lipinski definition) is 7. The van der Waals surface area contributed by atoms with Crippen molar-refractivity contribution in [1.29, 1.82) is 0 Å².